The van der Waals surface area contributed by atoms with Crippen molar-refractivity contribution in [3.63, 3.8) is 0 Å². The molecule has 7 nitrogen and oxygen atoms in total. The number of rotatable bonds is 4. The maximum atomic E-state index is 12.5. The molecule has 0 amide bonds. The second-order valence-corrected chi connectivity index (χ2v) is 6.96. The highest BCUT2D eigenvalue weighted by Crippen LogP contribution is 2.24. The number of sulfonamides is 1. The van der Waals surface area contributed by atoms with Gasteiger partial charge in [0.15, 0.2) is 0 Å². The van der Waals surface area contributed by atoms with Gasteiger partial charge in [0.2, 0.25) is 15.7 Å². The molecule has 0 bridgehead atoms. The van der Waals surface area contributed by atoms with Crippen molar-refractivity contribution >= 4 is 10.0 Å². The highest BCUT2D eigenvalue weighted by atomic mass is 32.2. The lowest BCUT2D eigenvalue weighted by Crippen LogP contribution is -2.31. The Kier molecular flexibility index (Phi) is 4.23. The Labute approximate surface area is 134 Å². The normalized spacial score (nSPS) is 18.5. The van der Waals surface area contributed by atoms with Crippen LogP contribution in [0.15, 0.2) is 47.6 Å². The van der Waals surface area contributed by atoms with E-state index in [4.69, 9.17) is 10.00 Å². The van der Waals surface area contributed by atoms with Crippen LogP contribution in [0.1, 0.15) is 12.1 Å². The summed E-state index contributed by atoms with van der Waals surface area (Å²) in [7, 11) is -3.53. The van der Waals surface area contributed by atoms with Gasteiger partial charge in [0.1, 0.15) is 12.2 Å². The van der Waals surface area contributed by atoms with Crippen LogP contribution in [-0.2, 0) is 10.0 Å². The van der Waals surface area contributed by atoms with Gasteiger partial charge in [-0.2, -0.15) is 9.57 Å². The van der Waals surface area contributed by atoms with Crippen molar-refractivity contribution in [3.8, 4) is 11.9 Å². The second kappa shape index (κ2) is 6.32. The average Bonchev–Trinajstić information content (AvgIpc) is 3.05. The van der Waals surface area contributed by atoms with Gasteiger partial charge in [-0.15, -0.1) is 0 Å². The lowest BCUT2D eigenvalue weighted by atomic mass is 10.3. The SMILES string of the molecule is N#Cc1nccnc1O[C@@H]1CCN(S(=O)(=O)c2ccccc2)C1. The molecule has 1 saturated heterocycles. The van der Waals surface area contributed by atoms with E-state index in [1.807, 2.05) is 6.07 Å². The van der Waals surface area contributed by atoms with E-state index < -0.39 is 10.0 Å². The monoisotopic (exact) mass is 330 g/mol. The molecular weight excluding hydrogens is 316 g/mol. The highest BCUT2D eigenvalue weighted by Gasteiger charge is 2.34. The van der Waals surface area contributed by atoms with Crippen molar-refractivity contribution < 1.29 is 13.2 Å². The number of benzene rings is 1. The number of nitrogens with zero attached hydrogens (tertiary/aromatic N) is 4. The Morgan fingerprint density at radius 2 is 1.96 bits per heavy atom. The zero-order valence-electron chi connectivity index (χ0n) is 12.2. The van der Waals surface area contributed by atoms with Gasteiger partial charge < -0.3 is 4.74 Å². The Morgan fingerprint density at radius 3 is 2.70 bits per heavy atom. The van der Waals surface area contributed by atoms with Crippen LogP contribution in [0.4, 0.5) is 0 Å². The minimum atomic E-state index is -3.53. The van der Waals surface area contributed by atoms with E-state index in [0.717, 1.165) is 0 Å². The van der Waals surface area contributed by atoms with Crippen LogP contribution in [0.2, 0.25) is 0 Å². The Bertz CT molecular complexity index is 833. The van der Waals surface area contributed by atoms with Crippen LogP contribution in [0, 0.1) is 11.3 Å². The largest absolute Gasteiger partial charge is 0.471 e. The molecule has 3 rings (SSSR count). The van der Waals surface area contributed by atoms with Gasteiger partial charge >= 0.3 is 0 Å². The van der Waals surface area contributed by atoms with Crippen LogP contribution in [-0.4, -0.2) is 41.9 Å². The molecule has 1 fully saturated rings. The molecule has 1 aromatic heterocycles. The quantitative estimate of drug-likeness (QED) is 0.835. The van der Waals surface area contributed by atoms with Gasteiger partial charge in [0.05, 0.1) is 11.4 Å². The lowest BCUT2D eigenvalue weighted by Gasteiger charge is -2.17. The maximum Gasteiger partial charge on any atom is 0.251 e. The summed E-state index contributed by atoms with van der Waals surface area (Å²) in [5.74, 6) is 0.138. The molecular formula is C15H14N4O3S. The summed E-state index contributed by atoms with van der Waals surface area (Å²) in [6.45, 7) is 0.586. The van der Waals surface area contributed by atoms with Crippen molar-refractivity contribution in [1.29, 1.82) is 5.26 Å². The molecule has 2 heterocycles. The molecule has 0 saturated carbocycles. The van der Waals surface area contributed by atoms with E-state index in [0.29, 0.717) is 13.0 Å². The third-order valence-electron chi connectivity index (χ3n) is 3.54. The van der Waals surface area contributed by atoms with Gasteiger partial charge in [-0.05, 0) is 18.6 Å². The van der Waals surface area contributed by atoms with Crippen molar-refractivity contribution in [2.45, 2.75) is 17.4 Å². The fraction of sp³-hybridized carbons (Fsp3) is 0.267. The molecule has 2 aromatic rings. The summed E-state index contributed by atoms with van der Waals surface area (Å²) < 4.78 is 32.1. The number of ether oxygens (including phenoxy) is 1. The summed E-state index contributed by atoms with van der Waals surface area (Å²) in [4.78, 5) is 8.12. The third kappa shape index (κ3) is 3.16. The van der Waals surface area contributed by atoms with Crippen LogP contribution in [0.3, 0.4) is 0 Å². The minimum absolute atomic E-state index is 0.0943. The average molecular weight is 330 g/mol. The molecule has 23 heavy (non-hydrogen) atoms. The zero-order valence-corrected chi connectivity index (χ0v) is 13.0. The summed E-state index contributed by atoms with van der Waals surface area (Å²) in [5.41, 5.74) is 0.0943. The molecule has 8 heteroatoms. The first-order valence-corrected chi connectivity index (χ1v) is 8.48. The van der Waals surface area contributed by atoms with Crippen molar-refractivity contribution in [2.75, 3.05) is 13.1 Å². The van der Waals surface area contributed by atoms with Crippen molar-refractivity contribution in [3.05, 3.63) is 48.4 Å². The summed E-state index contributed by atoms with van der Waals surface area (Å²) >= 11 is 0. The van der Waals surface area contributed by atoms with E-state index in [-0.39, 0.29) is 29.1 Å². The van der Waals surface area contributed by atoms with Gasteiger partial charge in [0, 0.05) is 18.9 Å². The molecule has 0 radical (unpaired) electrons. The smallest absolute Gasteiger partial charge is 0.251 e. The van der Waals surface area contributed by atoms with E-state index in [1.165, 1.54) is 16.7 Å². The van der Waals surface area contributed by atoms with Gasteiger partial charge in [-0.3, -0.25) is 0 Å². The standard InChI is InChI=1S/C15H14N4O3S/c16-10-14-15(18-8-7-17-14)22-12-6-9-19(11-12)23(20,21)13-4-2-1-3-5-13/h1-5,7-8,12H,6,9,11H2/t12-/m1/s1. The van der Waals surface area contributed by atoms with Gasteiger partial charge in [-0.1, -0.05) is 18.2 Å². The van der Waals surface area contributed by atoms with E-state index in [1.54, 1.807) is 30.3 Å². The molecule has 0 aliphatic carbocycles. The summed E-state index contributed by atoms with van der Waals surface area (Å²) in [6, 6.07) is 10.2. The van der Waals surface area contributed by atoms with E-state index in [9.17, 15) is 8.42 Å². The molecule has 118 valence electrons. The van der Waals surface area contributed by atoms with E-state index in [2.05, 4.69) is 9.97 Å². The van der Waals surface area contributed by atoms with Crippen LogP contribution in [0.25, 0.3) is 0 Å². The van der Waals surface area contributed by atoms with Gasteiger partial charge in [-0.25, -0.2) is 18.4 Å². The molecule has 1 aliphatic heterocycles. The fourth-order valence-corrected chi connectivity index (χ4v) is 3.91. The Balaban J connectivity index is 1.73. The number of nitriles is 1. The topological polar surface area (TPSA) is 96.2 Å². The zero-order chi connectivity index (χ0) is 16.3. The molecule has 1 aliphatic rings. The Morgan fingerprint density at radius 1 is 1.22 bits per heavy atom. The van der Waals surface area contributed by atoms with Crippen molar-refractivity contribution in [1.82, 2.24) is 14.3 Å². The third-order valence-corrected chi connectivity index (χ3v) is 5.42. The first-order valence-electron chi connectivity index (χ1n) is 7.04. The van der Waals surface area contributed by atoms with Crippen LogP contribution >= 0.6 is 0 Å². The van der Waals surface area contributed by atoms with Crippen LogP contribution < -0.4 is 4.74 Å². The number of aromatic nitrogens is 2. The molecule has 0 unspecified atom stereocenters. The lowest BCUT2D eigenvalue weighted by molar-refractivity contribution is 0.205. The minimum Gasteiger partial charge on any atom is -0.471 e. The van der Waals surface area contributed by atoms with E-state index >= 15 is 0 Å². The van der Waals surface area contributed by atoms with Crippen molar-refractivity contribution in [2.24, 2.45) is 0 Å². The fourth-order valence-electron chi connectivity index (χ4n) is 2.40. The Hall–Kier alpha value is -2.50. The number of hydrogen-bond donors (Lipinski definition) is 0. The molecule has 0 spiro atoms. The maximum absolute atomic E-state index is 12.5. The number of hydrogen-bond acceptors (Lipinski definition) is 6. The molecule has 1 aromatic carbocycles. The summed E-state index contributed by atoms with van der Waals surface area (Å²) in [6.07, 6.45) is 3.03. The first-order chi connectivity index (χ1) is 11.1. The van der Waals surface area contributed by atoms with Crippen LogP contribution in [0.5, 0.6) is 5.88 Å². The second-order valence-electron chi connectivity index (χ2n) is 5.03. The predicted octanol–water partition coefficient (Wildman–Crippen LogP) is 1.19. The first kappa shape index (κ1) is 15.4. The molecule has 1 atom stereocenters. The highest BCUT2D eigenvalue weighted by molar-refractivity contribution is 7.89. The molecule has 0 N–H and O–H groups in total. The predicted molar refractivity (Wildman–Crippen MR) is 81.0 cm³/mol. The van der Waals surface area contributed by atoms with Gasteiger partial charge in [0.25, 0.3) is 5.88 Å². The summed E-state index contributed by atoms with van der Waals surface area (Å²) in [5, 5.41) is 8.98.